The molecule has 0 aromatic carbocycles. The van der Waals surface area contributed by atoms with Gasteiger partial charge in [0.1, 0.15) is 0 Å². The second-order valence-electron chi connectivity index (χ2n) is 2.00. The summed E-state index contributed by atoms with van der Waals surface area (Å²) in [6.07, 6.45) is 1.59. The van der Waals surface area contributed by atoms with Gasteiger partial charge in [0.05, 0.1) is 24.2 Å². The van der Waals surface area contributed by atoms with Crippen molar-refractivity contribution in [2.75, 3.05) is 12.3 Å². The smallest absolute Gasteiger partial charge is 0.293 e. The van der Waals surface area contributed by atoms with Gasteiger partial charge in [-0.05, 0) is 13.8 Å². The summed E-state index contributed by atoms with van der Waals surface area (Å²) in [4.78, 5) is 9.18. The molecule has 0 saturated heterocycles. The van der Waals surface area contributed by atoms with Gasteiger partial charge in [-0.1, -0.05) is 0 Å². The quantitative estimate of drug-likeness (QED) is 0.634. The van der Waals surface area contributed by atoms with Crippen LogP contribution in [0.1, 0.15) is 12.6 Å². The van der Waals surface area contributed by atoms with Gasteiger partial charge in [-0.2, -0.15) is 5.10 Å². The van der Waals surface area contributed by atoms with Gasteiger partial charge < -0.3 is 10.5 Å². The first-order chi connectivity index (χ1) is 5.72. The number of hydrogen-bond donors (Lipinski definition) is 2. The van der Waals surface area contributed by atoms with Gasteiger partial charge in [0, 0.05) is 0 Å². The Morgan fingerprint density at radius 3 is 2.58 bits per heavy atom. The largest absolute Gasteiger partial charge is 0.468 e. The van der Waals surface area contributed by atoms with Crippen LogP contribution in [-0.2, 0) is 9.53 Å². The van der Waals surface area contributed by atoms with Gasteiger partial charge in [-0.15, -0.1) is 0 Å². The minimum absolute atomic E-state index is 0.431. The minimum Gasteiger partial charge on any atom is -0.468 e. The number of aromatic nitrogens is 2. The predicted molar refractivity (Wildman–Crippen MR) is 45.4 cm³/mol. The number of aryl methyl sites for hydroxylation is 1. The Balaban J connectivity index is 0.000000217. The number of ether oxygens (including phenoxy) is 1. The molecule has 0 aliphatic rings. The Labute approximate surface area is 70.9 Å². The standard InChI is InChI=1S/C4H7N3.C3H6O2/c1-3-4(5)2-6-7-3;1-2-5-3-4/h2H,5H2,1H3,(H,6,7);3H,2H2,1H3. The highest BCUT2D eigenvalue weighted by Gasteiger charge is 1.88. The lowest BCUT2D eigenvalue weighted by Gasteiger charge is -1.79. The zero-order valence-electron chi connectivity index (χ0n) is 7.20. The van der Waals surface area contributed by atoms with E-state index in [1.165, 1.54) is 0 Å². The average Bonchev–Trinajstić information content (AvgIpc) is 2.39. The SMILES string of the molecule is CCOC=O.Cc1[nH]ncc1N. The molecule has 1 aromatic rings. The molecule has 3 N–H and O–H groups in total. The number of rotatable bonds is 2. The monoisotopic (exact) mass is 171 g/mol. The van der Waals surface area contributed by atoms with E-state index < -0.39 is 0 Å². The first kappa shape index (κ1) is 10.5. The second-order valence-corrected chi connectivity index (χ2v) is 2.00. The molecule has 1 heterocycles. The van der Waals surface area contributed by atoms with Crippen molar-refractivity contribution in [1.29, 1.82) is 0 Å². The van der Waals surface area contributed by atoms with E-state index in [0.717, 1.165) is 11.4 Å². The number of H-pyrrole nitrogens is 1. The lowest BCUT2D eigenvalue weighted by atomic mass is 10.4. The maximum atomic E-state index is 9.18. The summed E-state index contributed by atoms with van der Waals surface area (Å²) >= 11 is 0. The molecule has 5 nitrogen and oxygen atoms in total. The molecule has 0 atom stereocenters. The molecule has 0 unspecified atom stereocenters. The Morgan fingerprint density at radius 1 is 1.83 bits per heavy atom. The maximum Gasteiger partial charge on any atom is 0.293 e. The summed E-state index contributed by atoms with van der Waals surface area (Å²) in [5, 5.41) is 6.36. The molecule has 1 rings (SSSR count). The molecule has 0 aliphatic carbocycles. The minimum atomic E-state index is 0.431. The van der Waals surface area contributed by atoms with Gasteiger partial charge in [0.15, 0.2) is 0 Å². The first-order valence-corrected chi connectivity index (χ1v) is 3.53. The zero-order chi connectivity index (χ0) is 9.40. The molecule has 1 aromatic heterocycles. The van der Waals surface area contributed by atoms with Crippen LogP contribution in [0, 0.1) is 6.92 Å². The van der Waals surface area contributed by atoms with Crippen LogP contribution in [0.25, 0.3) is 0 Å². The van der Waals surface area contributed by atoms with Crippen LogP contribution in [0.5, 0.6) is 0 Å². The summed E-state index contributed by atoms with van der Waals surface area (Å²) < 4.78 is 4.15. The van der Waals surface area contributed by atoms with Crippen molar-refractivity contribution in [2.24, 2.45) is 0 Å². The van der Waals surface area contributed by atoms with Gasteiger partial charge >= 0.3 is 0 Å². The molecular formula is C7H13N3O2. The Bertz CT molecular complexity index is 206. The van der Waals surface area contributed by atoms with E-state index in [2.05, 4.69) is 14.9 Å². The van der Waals surface area contributed by atoms with Crippen molar-refractivity contribution < 1.29 is 9.53 Å². The number of hydrogen-bond acceptors (Lipinski definition) is 4. The second kappa shape index (κ2) is 6.21. The highest BCUT2D eigenvalue weighted by Crippen LogP contribution is 2.00. The molecule has 0 bridgehead atoms. The normalized spacial score (nSPS) is 8.17. The van der Waals surface area contributed by atoms with Crippen molar-refractivity contribution in [3.8, 4) is 0 Å². The number of carbonyl (C=O) groups excluding carboxylic acids is 1. The molecule has 0 aliphatic heterocycles. The highest BCUT2D eigenvalue weighted by atomic mass is 16.5. The fraction of sp³-hybridized carbons (Fsp3) is 0.429. The van der Waals surface area contributed by atoms with Gasteiger partial charge in [-0.3, -0.25) is 9.89 Å². The summed E-state index contributed by atoms with van der Waals surface area (Å²) in [5.41, 5.74) is 7.00. The number of nitrogens with two attached hydrogens (primary N) is 1. The number of anilines is 1. The zero-order valence-corrected chi connectivity index (χ0v) is 7.20. The summed E-state index contributed by atoms with van der Waals surface area (Å²) in [6, 6.07) is 0. The maximum absolute atomic E-state index is 9.18. The molecule has 0 saturated carbocycles. The topological polar surface area (TPSA) is 81.0 Å². The molecule has 0 radical (unpaired) electrons. The van der Waals surface area contributed by atoms with Crippen molar-refractivity contribution in [2.45, 2.75) is 13.8 Å². The van der Waals surface area contributed by atoms with Gasteiger partial charge in [0.2, 0.25) is 0 Å². The van der Waals surface area contributed by atoms with E-state index in [0.29, 0.717) is 13.1 Å². The highest BCUT2D eigenvalue weighted by molar-refractivity contribution is 5.38. The predicted octanol–water partition coefficient (Wildman–Crippen LogP) is 0.480. The summed E-state index contributed by atoms with van der Waals surface area (Å²) in [6.45, 7) is 4.54. The lowest BCUT2D eigenvalue weighted by molar-refractivity contribution is -0.128. The average molecular weight is 171 g/mol. The Hall–Kier alpha value is -1.52. The Kier molecular flexibility index (Phi) is 5.42. The fourth-order valence-corrected chi connectivity index (χ4v) is 0.428. The molecule has 68 valence electrons. The molecule has 0 spiro atoms. The van der Waals surface area contributed by atoms with Crippen molar-refractivity contribution in [3.05, 3.63) is 11.9 Å². The Morgan fingerprint density at radius 2 is 2.50 bits per heavy atom. The van der Waals surface area contributed by atoms with E-state index in [9.17, 15) is 4.79 Å². The van der Waals surface area contributed by atoms with Crippen molar-refractivity contribution in [3.63, 3.8) is 0 Å². The van der Waals surface area contributed by atoms with Crippen molar-refractivity contribution in [1.82, 2.24) is 10.2 Å². The van der Waals surface area contributed by atoms with Crippen molar-refractivity contribution >= 4 is 12.2 Å². The molecular weight excluding hydrogens is 158 g/mol. The number of aromatic amines is 1. The van der Waals surface area contributed by atoms with Crippen LogP contribution in [0.2, 0.25) is 0 Å². The van der Waals surface area contributed by atoms with Crippen LogP contribution in [0.15, 0.2) is 6.20 Å². The number of nitrogen functional groups attached to an aromatic ring is 1. The van der Waals surface area contributed by atoms with Crippen LogP contribution >= 0.6 is 0 Å². The van der Waals surface area contributed by atoms with E-state index in [1.54, 1.807) is 13.1 Å². The third kappa shape index (κ3) is 4.32. The third-order valence-corrected chi connectivity index (χ3v) is 1.10. The van der Waals surface area contributed by atoms with E-state index in [1.807, 2.05) is 6.92 Å². The molecule has 12 heavy (non-hydrogen) atoms. The summed E-state index contributed by atoms with van der Waals surface area (Å²) in [5.74, 6) is 0. The van der Waals surface area contributed by atoms with Gasteiger partial charge in [-0.25, -0.2) is 0 Å². The number of nitrogens with one attached hydrogen (secondary N) is 1. The lowest BCUT2D eigenvalue weighted by Crippen LogP contribution is -1.82. The molecule has 5 heteroatoms. The van der Waals surface area contributed by atoms with Gasteiger partial charge in [0.25, 0.3) is 6.47 Å². The first-order valence-electron chi connectivity index (χ1n) is 3.53. The van der Waals surface area contributed by atoms with Crippen LogP contribution < -0.4 is 5.73 Å². The molecule has 0 fully saturated rings. The van der Waals surface area contributed by atoms with Crippen LogP contribution in [0.4, 0.5) is 5.69 Å². The fourth-order valence-electron chi connectivity index (χ4n) is 0.428. The van der Waals surface area contributed by atoms with Crippen LogP contribution in [0.3, 0.4) is 0 Å². The summed E-state index contributed by atoms with van der Waals surface area (Å²) in [7, 11) is 0. The van der Waals surface area contributed by atoms with Crippen LogP contribution in [-0.4, -0.2) is 23.3 Å². The van der Waals surface area contributed by atoms with E-state index in [-0.39, 0.29) is 0 Å². The third-order valence-electron chi connectivity index (χ3n) is 1.10. The number of carbonyl (C=O) groups is 1. The molecule has 0 amide bonds. The number of nitrogens with zero attached hydrogens (tertiary/aromatic N) is 1. The van der Waals surface area contributed by atoms with E-state index >= 15 is 0 Å². The van der Waals surface area contributed by atoms with E-state index in [4.69, 9.17) is 5.73 Å².